The number of nitrogens with zero attached hydrogens (tertiary/aromatic N) is 1. The highest BCUT2D eigenvalue weighted by Crippen LogP contribution is 2.38. The van der Waals surface area contributed by atoms with E-state index in [1.807, 2.05) is 20.8 Å². The van der Waals surface area contributed by atoms with Gasteiger partial charge in [-0.3, -0.25) is 0 Å². The molecule has 2 amide bonds. The van der Waals surface area contributed by atoms with Gasteiger partial charge in [0.1, 0.15) is 6.61 Å². The summed E-state index contributed by atoms with van der Waals surface area (Å²) in [5.74, 6) is 0.987. The van der Waals surface area contributed by atoms with Gasteiger partial charge in [0.25, 0.3) is 0 Å². The molecule has 1 heterocycles. The van der Waals surface area contributed by atoms with Crippen LogP contribution in [0.3, 0.4) is 0 Å². The zero-order chi connectivity index (χ0) is 22.8. The lowest BCUT2D eigenvalue weighted by molar-refractivity contribution is 0.235. The number of rotatable bonds is 5. The first-order valence-corrected chi connectivity index (χ1v) is 10.4. The van der Waals surface area contributed by atoms with Crippen molar-refractivity contribution in [3.63, 3.8) is 0 Å². The van der Waals surface area contributed by atoms with Crippen LogP contribution in [0, 0.1) is 16.7 Å². The summed E-state index contributed by atoms with van der Waals surface area (Å²) in [4.78, 5) is 12.3. The zero-order valence-electron chi connectivity index (χ0n) is 17.7. The molecule has 162 valence electrons. The number of nitriles is 1. The van der Waals surface area contributed by atoms with Crippen LogP contribution in [-0.2, 0) is 6.61 Å². The maximum atomic E-state index is 12.3. The fraction of sp³-hybridized carbons (Fsp3) is 0.304. The Bertz CT molecular complexity index is 1080. The number of halogens is 2. The molecule has 0 aromatic heterocycles. The number of ether oxygens (including phenoxy) is 2. The summed E-state index contributed by atoms with van der Waals surface area (Å²) in [6.45, 7) is 6.07. The maximum absolute atomic E-state index is 12.3. The Kier molecular flexibility index (Phi) is 6.68. The number of benzene rings is 2. The molecule has 0 radical (unpaired) electrons. The van der Waals surface area contributed by atoms with Crippen molar-refractivity contribution in [2.45, 2.75) is 33.4 Å². The van der Waals surface area contributed by atoms with E-state index in [0.717, 1.165) is 5.56 Å². The molecule has 8 heteroatoms. The van der Waals surface area contributed by atoms with Crippen LogP contribution in [-0.4, -0.2) is 13.1 Å². The van der Waals surface area contributed by atoms with Crippen molar-refractivity contribution in [1.29, 1.82) is 5.26 Å². The van der Waals surface area contributed by atoms with E-state index >= 15 is 0 Å². The first kappa shape index (κ1) is 22.8. The summed E-state index contributed by atoms with van der Waals surface area (Å²) in [7, 11) is 1.53. The Morgan fingerprint density at radius 2 is 1.87 bits per heavy atom. The Labute approximate surface area is 191 Å². The minimum absolute atomic E-state index is 0.229. The van der Waals surface area contributed by atoms with Gasteiger partial charge in [-0.05, 0) is 29.8 Å². The summed E-state index contributed by atoms with van der Waals surface area (Å²) < 4.78 is 11.4. The van der Waals surface area contributed by atoms with E-state index < -0.39 is 11.5 Å². The molecule has 1 atom stereocenters. The van der Waals surface area contributed by atoms with E-state index in [4.69, 9.17) is 32.7 Å². The van der Waals surface area contributed by atoms with E-state index in [2.05, 4.69) is 16.7 Å². The van der Waals surface area contributed by atoms with Gasteiger partial charge < -0.3 is 20.1 Å². The van der Waals surface area contributed by atoms with Gasteiger partial charge in [-0.1, -0.05) is 56.1 Å². The normalized spacial score (nSPS) is 16.3. The van der Waals surface area contributed by atoms with E-state index in [9.17, 15) is 10.1 Å². The third-order valence-electron chi connectivity index (χ3n) is 4.86. The van der Waals surface area contributed by atoms with E-state index in [1.165, 1.54) is 7.11 Å². The number of hydrogen-bond acceptors (Lipinski definition) is 4. The number of allylic oxidation sites excluding steroid dienone is 1. The van der Waals surface area contributed by atoms with Crippen LogP contribution in [0.1, 0.15) is 37.9 Å². The molecule has 0 saturated heterocycles. The Morgan fingerprint density at radius 1 is 1.13 bits per heavy atom. The van der Waals surface area contributed by atoms with Crippen molar-refractivity contribution in [1.82, 2.24) is 10.6 Å². The second-order valence-electron chi connectivity index (χ2n) is 8.12. The van der Waals surface area contributed by atoms with Gasteiger partial charge in [-0.15, -0.1) is 0 Å². The predicted octanol–water partition coefficient (Wildman–Crippen LogP) is 5.76. The van der Waals surface area contributed by atoms with Crippen molar-refractivity contribution in [2.24, 2.45) is 5.41 Å². The number of nitrogens with one attached hydrogen (secondary N) is 2. The summed E-state index contributed by atoms with van der Waals surface area (Å²) in [5, 5.41) is 16.5. The molecular formula is C23H23Cl2N3O3. The molecule has 3 rings (SSSR count). The smallest absolute Gasteiger partial charge is 0.319 e. The highest BCUT2D eigenvalue weighted by Gasteiger charge is 2.34. The summed E-state index contributed by atoms with van der Waals surface area (Å²) in [6.07, 6.45) is 0. The molecule has 0 fully saturated rings. The third kappa shape index (κ3) is 5.07. The van der Waals surface area contributed by atoms with Gasteiger partial charge in [0.05, 0.1) is 24.8 Å². The monoisotopic (exact) mass is 459 g/mol. The van der Waals surface area contributed by atoms with Crippen LogP contribution in [0.5, 0.6) is 11.5 Å². The molecule has 2 N–H and O–H groups in total. The van der Waals surface area contributed by atoms with Crippen molar-refractivity contribution < 1.29 is 14.3 Å². The van der Waals surface area contributed by atoms with Crippen molar-refractivity contribution in [2.75, 3.05) is 7.11 Å². The molecule has 0 aliphatic carbocycles. The molecule has 2 aromatic rings. The molecule has 0 bridgehead atoms. The Morgan fingerprint density at radius 3 is 2.48 bits per heavy atom. The van der Waals surface area contributed by atoms with Gasteiger partial charge in [-0.2, -0.15) is 5.26 Å². The number of carbonyl (C=O) groups excluding carboxylic acids is 1. The predicted molar refractivity (Wildman–Crippen MR) is 120 cm³/mol. The van der Waals surface area contributed by atoms with Crippen LogP contribution < -0.4 is 20.1 Å². The number of methoxy groups -OCH3 is 1. The van der Waals surface area contributed by atoms with Crippen molar-refractivity contribution in [3.05, 3.63) is 68.8 Å². The average molecular weight is 460 g/mol. The fourth-order valence-electron chi connectivity index (χ4n) is 3.30. The molecule has 0 unspecified atom stereocenters. The second-order valence-corrected chi connectivity index (χ2v) is 8.96. The van der Waals surface area contributed by atoms with Gasteiger partial charge in [0.2, 0.25) is 0 Å². The average Bonchev–Trinajstić information content (AvgIpc) is 2.71. The Hall–Kier alpha value is -2.88. The largest absolute Gasteiger partial charge is 0.493 e. The van der Waals surface area contributed by atoms with Gasteiger partial charge in [0.15, 0.2) is 11.5 Å². The number of carbonyl (C=O) groups is 1. The lowest BCUT2D eigenvalue weighted by Crippen LogP contribution is -2.46. The topological polar surface area (TPSA) is 83.4 Å². The fourth-order valence-corrected chi connectivity index (χ4v) is 3.77. The van der Waals surface area contributed by atoms with Gasteiger partial charge >= 0.3 is 6.03 Å². The van der Waals surface area contributed by atoms with Crippen LogP contribution in [0.25, 0.3) is 0 Å². The number of urea groups is 1. The lowest BCUT2D eigenvalue weighted by Gasteiger charge is -2.33. The zero-order valence-corrected chi connectivity index (χ0v) is 19.2. The lowest BCUT2D eigenvalue weighted by atomic mass is 9.84. The summed E-state index contributed by atoms with van der Waals surface area (Å²) in [6, 6.07) is 11.8. The Balaban J connectivity index is 1.91. The van der Waals surface area contributed by atoms with E-state index in [1.54, 1.807) is 36.4 Å². The third-order valence-corrected chi connectivity index (χ3v) is 5.45. The van der Waals surface area contributed by atoms with Crippen molar-refractivity contribution in [3.8, 4) is 17.6 Å². The highest BCUT2D eigenvalue weighted by molar-refractivity contribution is 6.35. The van der Waals surface area contributed by atoms with Gasteiger partial charge in [-0.25, -0.2) is 4.79 Å². The highest BCUT2D eigenvalue weighted by atomic mass is 35.5. The molecular weight excluding hydrogens is 437 g/mol. The summed E-state index contributed by atoms with van der Waals surface area (Å²) >= 11 is 12.2. The van der Waals surface area contributed by atoms with Gasteiger partial charge in [0, 0.05) is 26.7 Å². The van der Waals surface area contributed by atoms with Crippen molar-refractivity contribution >= 4 is 29.2 Å². The van der Waals surface area contributed by atoms with E-state index in [0.29, 0.717) is 38.4 Å². The maximum Gasteiger partial charge on any atom is 0.319 e. The molecule has 6 nitrogen and oxygen atoms in total. The molecule has 0 saturated carbocycles. The van der Waals surface area contributed by atoms with Crippen LogP contribution >= 0.6 is 23.2 Å². The van der Waals surface area contributed by atoms with Crippen LogP contribution in [0.2, 0.25) is 10.0 Å². The quantitative estimate of drug-likeness (QED) is 0.595. The number of amides is 2. The minimum atomic E-state index is -0.596. The molecule has 31 heavy (non-hydrogen) atoms. The number of hydrogen-bond donors (Lipinski definition) is 2. The first-order valence-electron chi connectivity index (χ1n) is 9.61. The van der Waals surface area contributed by atoms with E-state index in [-0.39, 0.29) is 12.6 Å². The SMILES string of the molecule is COc1cc([C@H]2NC(=O)NC(C(C)(C)C)=C2C#N)ccc1OCc1ccc(Cl)cc1Cl. The minimum Gasteiger partial charge on any atom is -0.493 e. The second kappa shape index (κ2) is 9.09. The standard InChI is InChI=1S/C23H23Cl2N3O3/c1-23(2,3)21-16(11-26)20(27-22(29)28-21)13-6-8-18(19(9-13)30-4)31-12-14-5-7-15(24)10-17(14)25/h5-10,20H,12H2,1-4H3,(H2,27,28,29)/t20-/m1/s1. The van der Waals surface area contributed by atoms with Crippen LogP contribution in [0.4, 0.5) is 4.79 Å². The molecule has 1 aliphatic rings. The molecule has 2 aromatic carbocycles. The molecule has 1 aliphatic heterocycles. The van der Waals surface area contributed by atoms with Crippen LogP contribution in [0.15, 0.2) is 47.7 Å². The molecule has 0 spiro atoms. The first-order chi connectivity index (χ1) is 14.6. The summed E-state index contributed by atoms with van der Waals surface area (Å²) in [5.41, 5.74) is 2.15.